The van der Waals surface area contributed by atoms with Gasteiger partial charge in [-0.25, -0.2) is 17.9 Å². The highest BCUT2D eigenvalue weighted by Crippen LogP contribution is 2.33. The van der Waals surface area contributed by atoms with Gasteiger partial charge in [-0.2, -0.15) is 5.10 Å². The molecule has 21 heavy (non-hydrogen) atoms. The van der Waals surface area contributed by atoms with E-state index < -0.39 is 17.5 Å². The lowest BCUT2D eigenvalue weighted by molar-refractivity contribution is 0.446. The minimum Gasteiger partial charge on any atom is -0.396 e. The molecule has 0 amide bonds. The molecule has 2 heterocycles. The number of nitrogens with two attached hydrogens (primary N) is 1. The Morgan fingerprint density at radius 2 is 1.81 bits per heavy atom. The van der Waals surface area contributed by atoms with Crippen molar-refractivity contribution in [1.82, 2.24) is 9.78 Å². The van der Waals surface area contributed by atoms with Crippen LogP contribution in [0.3, 0.4) is 0 Å². The van der Waals surface area contributed by atoms with Crippen LogP contribution in [0.5, 0.6) is 0 Å². The molecular weight excluding hydrogens is 367 g/mol. The minimum atomic E-state index is -1.51. The maximum Gasteiger partial charge on any atom is 0.194 e. The Labute approximate surface area is 129 Å². The van der Waals surface area contributed by atoms with E-state index in [0.717, 1.165) is 21.5 Å². The Bertz CT molecular complexity index is 805. The van der Waals surface area contributed by atoms with Crippen molar-refractivity contribution in [2.75, 3.05) is 5.73 Å². The molecule has 3 rings (SSSR count). The summed E-state index contributed by atoms with van der Waals surface area (Å²) in [5.74, 6) is -4.07. The van der Waals surface area contributed by atoms with Gasteiger partial charge in [0.1, 0.15) is 5.69 Å². The molecule has 0 bridgehead atoms. The third-order valence-electron chi connectivity index (χ3n) is 2.78. The molecule has 0 saturated carbocycles. The SMILES string of the molecule is Nc1cn(-c2cc(F)c(F)c(F)c2)nc1-c1cc(Br)cs1. The van der Waals surface area contributed by atoms with Crippen molar-refractivity contribution < 1.29 is 13.2 Å². The van der Waals surface area contributed by atoms with Gasteiger partial charge in [-0.3, -0.25) is 0 Å². The van der Waals surface area contributed by atoms with Crippen molar-refractivity contribution >= 4 is 33.0 Å². The number of halogens is 4. The lowest BCUT2D eigenvalue weighted by Crippen LogP contribution is -1.99. The molecule has 0 spiro atoms. The number of aromatic nitrogens is 2. The molecule has 0 unspecified atom stereocenters. The molecule has 3 aromatic rings. The van der Waals surface area contributed by atoms with Crippen molar-refractivity contribution in [1.29, 1.82) is 0 Å². The molecule has 3 nitrogen and oxygen atoms in total. The highest BCUT2D eigenvalue weighted by molar-refractivity contribution is 9.10. The fourth-order valence-corrected chi connectivity index (χ4v) is 3.26. The van der Waals surface area contributed by atoms with Crippen molar-refractivity contribution in [3.63, 3.8) is 0 Å². The molecule has 0 aliphatic rings. The average molecular weight is 374 g/mol. The Hall–Kier alpha value is -1.80. The summed E-state index contributed by atoms with van der Waals surface area (Å²) in [4.78, 5) is 0.807. The van der Waals surface area contributed by atoms with Gasteiger partial charge in [0.25, 0.3) is 0 Å². The first-order valence-corrected chi connectivity index (χ1v) is 7.37. The molecule has 8 heteroatoms. The maximum atomic E-state index is 13.3. The van der Waals surface area contributed by atoms with Crippen LogP contribution >= 0.6 is 27.3 Å². The molecular formula is C13H7BrF3N3S. The predicted octanol–water partition coefficient (Wildman–Crippen LogP) is 4.36. The number of rotatable bonds is 2. The van der Waals surface area contributed by atoms with E-state index in [-0.39, 0.29) is 5.69 Å². The van der Waals surface area contributed by atoms with Gasteiger partial charge in [0.2, 0.25) is 0 Å². The van der Waals surface area contributed by atoms with Crippen LogP contribution in [0.1, 0.15) is 0 Å². The zero-order chi connectivity index (χ0) is 15.1. The van der Waals surface area contributed by atoms with E-state index in [4.69, 9.17) is 5.73 Å². The van der Waals surface area contributed by atoms with E-state index in [1.54, 1.807) is 0 Å². The van der Waals surface area contributed by atoms with Crippen molar-refractivity contribution in [3.05, 3.63) is 51.7 Å². The standard InChI is InChI=1S/C13H7BrF3N3S/c14-6-1-11(21-5-6)13-10(18)4-20(19-13)7-2-8(15)12(17)9(16)3-7/h1-5H,18H2. The molecule has 108 valence electrons. The molecule has 0 aliphatic heterocycles. The molecule has 1 aromatic carbocycles. The zero-order valence-corrected chi connectivity index (χ0v) is 12.7. The summed E-state index contributed by atoms with van der Waals surface area (Å²) in [6.45, 7) is 0. The Balaban J connectivity index is 2.09. The van der Waals surface area contributed by atoms with Crippen LogP contribution in [0.15, 0.2) is 34.2 Å². The van der Waals surface area contributed by atoms with Gasteiger partial charge in [0, 0.05) is 22.0 Å². The molecule has 0 saturated heterocycles. The largest absolute Gasteiger partial charge is 0.396 e. The van der Waals surface area contributed by atoms with Crippen LogP contribution in [0.25, 0.3) is 16.3 Å². The lowest BCUT2D eigenvalue weighted by atomic mass is 10.3. The summed E-state index contributed by atoms with van der Waals surface area (Å²) in [5.41, 5.74) is 6.78. The first-order chi connectivity index (χ1) is 9.95. The monoisotopic (exact) mass is 373 g/mol. The third-order valence-corrected chi connectivity index (χ3v) is 4.47. The fraction of sp³-hybridized carbons (Fsp3) is 0. The van der Waals surface area contributed by atoms with E-state index >= 15 is 0 Å². The smallest absolute Gasteiger partial charge is 0.194 e. The average Bonchev–Trinajstić information content (AvgIpc) is 3.01. The summed E-state index contributed by atoms with van der Waals surface area (Å²) in [7, 11) is 0. The van der Waals surface area contributed by atoms with Gasteiger partial charge < -0.3 is 5.73 Å². The lowest BCUT2D eigenvalue weighted by Gasteiger charge is -2.02. The molecule has 0 atom stereocenters. The third kappa shape index (κ3) is 2.56. The maximum absolute atomic E-state index is 13.3. The van der Waals surface area contributed by atoms with Gasteiger partial charge in [0.15, 0.2) is 17.5 Å². The highest BCUT2D eigenvalue weighted by atomic mass is 79.9. The summed E-state index contributed by atoms with van der Waals surface area (Å²) >= 11 is 4.75. The number of nitrogens with zero attached hydrogens (tertiary/aromatic N) is 2. The van der Waals surface area contributed by atoms with Crippen LogP contribution in [-0.2, 0) is 0 Å². The first kappa shape index (κ1) is 14.2. The van der Waals surface area contributed by atoms with Crippen LogP contribution in [-0.4, -0.2) is 9.78 Å². The van der Waals surface area contributed by atoms with Gasteiger partial charge >= 0.3 is 0 Å². The summed E-state index contributed by atoms with van der Waals surface area (Å²) < 4.78 is 41.6. The van der Waals surface area contributed by atoms with Crippen LogP contribution < -0.4 is 5.73 Å². The quantitative estimate of drug-likeness (QED) is 0.678. The van der Waals surface area contributed by atoms with Gasteiger partial charge in [0.05, 0.1) is 22.4 Å². The number of hydrogen-bond acceptors (Lipinski definition) is 3. The molecule has 0 fully saturated rings. The fourth-order valence-electron chi connectivity index (χ4n) is 1.82. The predicted molar refractivity (Wildman–Crippen MR) is 78.9 cm³/mol. The van der Waals surface area contributed by atoms with Crippen LogP contribution in [0.2, 0.25) is 0 Å². The van der Waals surface area contributed by atoms with E-state index in [2.05, 4.69) is 21.0 Å². The number of benzene rings is 1. The number of thiophene rings is 1. The Kier molecular flexibility index (Phi) is 3.50. The molecule has 0 radical (unpaired) electrons. The van der Waals surface area contributed by atoms with E-state index in [1.807, 2.05) is 11.4 Å². The van der Waals surface area contributed by atoms with E-state index in [1.165, 1.54) is 22.2 Å². The minimum absolute atomic E-state index is 0.0555. The number of hydrogen-bond donors (Lipinski definition) is 1. The van der Waals surface area contributed by atoms with E-state index in [9.17, 15) is 13.2 Å². The van der Waals surface area contributed by atoms with Crippen molar-refractivity contribution in [2.24, 2.45) is 0 Å². The van der Waals surface area contributed by atoms with Crippen molar-refractivity contribution in [3.8, 4) is 16.3 Å². The topological polar surface area (TPSA) is 43.8 Å². The summed E-state index contributed by atoms with van der Waals surface area (Å²) in [5, 5.41) is 6.07. The first-order valence-electron chi connectivity index (χ1n) is 5.70. The Morgan fingerprint density at radius 3 is 2.38 bits per heavy atom. The molecule has 2 N–H and O–H groups in total. The summed E-state index contributed by atoms with van der Waals surface area (Å²) in [6, 6.07) is 3.55. The normalized spacial score (nSPS) is 11.0. The highest BCUT2D eigenvalue weighted by Gasteiger charge is 2.15. The second-order valence-electron chi connectivity index (χ2n) is 4.23. The number of anilines is 1. The zero-order valence-electron chi connectivity index (χ0n) is 10.3. The molecule has 2 aromatic heterocycles. The Morgan fingerprint density at radius 1 is 1.14 bits per heavy atom. The number of nitrogen functional groups attached to an aromatic ring is 1. The van der Waals surface area contributed by atoms with Gasteiger partial charge in [-0.05, 0) is 22.0 Å². The van der Waals surface area contributed by atoms with Gasteiger partial charge in [-0.1, -0.05) is 0 Å². The van der Waals surface area contributed by atoms with Crippen molar-refractivity contribution in [2.45, 2.75) is 0 Å². The van der Waals surface area contributed by atoms with Crippen LogP contribution in [0.4, 0.5) is 18.9 Å². The molecule has 0 aliphatic carbocycles. The summed E-state index contributed by atoms with van der Waals surface area (Å²) in [6.07, 6.45) is 1.43. The second-order valence-corrected chi connectivity index (χ2v) is 6.06. The second kappa shape index (κ2) is 5.19. The van der Waals surface area contributed by atoms with E-state index in [0.29, 0.717) is 11.4 Å². The van der Waals surface area contributed by atoms with Crippen LogP contribution in [0, 0.1) is 17.5 Å². The van der Waals surface area contributed by atoms with Gasteiger partial charge in [-0.15, -0.1) is 11.3 Å².